The van der Waals surface area contributed by atoms with Crippen molar-refractivity contribution in [3.8, 4) is 22.5 Å². The first-order chi connectivity index (χ1) is 11.4. The van der Waals surface area contributed by atoms with E-state index >= 15 is 0 Å². The average Bonchev–Trinajstić information content (AvgIpc) is 3.03. The van der Waals surface area contributed by atoms with E-state index in [1.54, 1.807) is 0 Å². The predicted molar refractivity (Wildman–Crippen MR) is 93.5 cm³/mol. The molecule has 0 aliphatic rings. The van der Waals surface area contributed by atoms with E-state index in [2.05, 4.69) is 46.7 Å². The summed E-state index contributed by atoms with van der Waals surface area (Å²) in [5.41, 5.74) is 3.76. The van der Waals surface area contributed by atoms with E-state index in [1.807, 2.05) is 45.0 Å². The third-order valence-corrected chi connectivity index (χ3v) is 3.83. The Bertz CT molecular complexity index is 856. The molecule has 0 aliphatic heterocycles. The Morgan fingerprint density at radius 2 is 1.38 bits per heavy atom. The van der Waals surface area contributed by atoms with Crippen LogP contribution < -0.4 is 0 Å². The molecule has 3 aromatic rings. The zero-order valence-electron chi connectivity index (χ0n) is 14.3. The van der Waals surface area contributed by atoms with E-state index in [0.29, 0.717) is 5.82 Å². The fraction of sp³-hybridized carbons (Fsp3) is 0.263. The Labute approximate surface area is 141 Å². The quantitative estimate of drug-likeness (QED) is 0.670. The second-order valence-corrected chi connectivity index (χ2v) is 6.91. The van der Waals surface area contributed by atoms with Gasteiger partial charge in [-0.05, 0) is 28.5 Å². The van der Waals surface area contributed by atoms with E-state index in [-0.39, 0.29) is 5.91 Å². The van der Waals surface area contributed by atoms with Gasteiger partial charge in [0.25, 0.3) is 5.91 Å². The van der Waals surface area contributed by atoms with Crippen molar-refractivity contribution >= 4 is 5.91 Å². The molecule has 0 unspecified atom stereocenters. The largest absolute Gasteiger partial charge is 0.272 e. The van der Waals surface area contributed by atoms with Crippen molar-refractivity contribution in [3.63, 3.8) is 0 Å². The van der Waals surface area contributed by atoms with E-state index in [9.17, 15) is 4.79 Å². The number of carbonyl (C=O) groups excluding carboxylic acids is 1. The molecule has 0 spiro atoms. The summed E-state index contributed by atoms with van der Waals surface area (Å²) in [7, 11) is 0. The molecule has 0 saturated heterocycles. The fourth-order valence-electron chi connectivity index (χ4n) is 2.38. The summed E-state index contributed by atoms with van der Waals surface area (Å²) in [6, 6.07) is 16.3. The van der Waals surface area contributed by atoms with Crippen LogP contribution in [0.3, 0.4) is 0 Å². The highest BCUT2D eigenvalue weighted by Gasteiger charge is 2.27. The van der Waals surface area contributed by atoms with Crippen molar-refractivity contribution < 1.29 is 4.79 Å². The van der Waals surface area contributed by atoms with Crippen LogP contribution in [0.1, 0.15) is 31.1 Å². The van der Waals surface area contributed by atoms with Gasteiger partial charge in [0.2, 0.25) is 0 Å². The number of nitrogens with zero attached hydrogens (tertiary/aromatic N) is 4. The van der Waals surface area contributed by atoms with Crippen LogP contribution in [0.15, 0.2) is 48.5 Å². The van der Waals surface area contributed by atoms with Crippen molar-refractivity contribution in [1.29, 1.82) is 0 Å². The molecule has 2 aromatic carbocycles. The zero-order valence-corrected chi connectivity index (χ0v) is 14.3. The van der Waals surface area contributed by atoms with Crippen molar-refractivity contribution in [2.75, 3.05) is 0 Å². The molecular formula is C19H20N4O. The molecule has 0 aliphatic carbocycles. The van der Waals surface area contributed by atoms with Gasteiger partial charge in [0.05, 0.1) is 0 Å². The highest BCUT2D eigenvalue weighted by molar-refractivity contribution is 5.86. The van der Waals surface area contributed by atoms with Gasteiger partial charge >= 0.3 is 0 Å². The summed E-state index contributed by atoms with van der Waals surface area (Å²) in [6.45, 7) is 7.61. The minimum atomic E-state index is -0.550. The molecule has 0 saturated carbocycles. The Morgan fingerprint density at radius 3 is 1.92 bits per heavy atom. The molecule has 1 heterocycles. The minimum Gasteiger partial charge on any atom is -0.272 e. The van der Waals surface area contributed by atoms with Gasteiger partial charge in [-0.25, -0.2) is 0 Å². The van der Waals surface area contributed by atoms with Crippen molar-refractivity contribution in [1.82, 2.24) is 20.2 Å². The smallest absolute Gasteiger partial charge is 0.255 e. The van der Waals surface area contributed by atoms with Gasteiger partial charge in [0, 0.05) is 11.0 Å². The number of tetrazole rings is 1. The molecule has 122 valence electrons. The van der Waals surface area contributed by atoms with E-state index in [4.69, 9.17) is 0 Å². The normalized spacial score (nSPS) is 11.5. The van der Waals surface area contributed by atoms with E-state index in [0.717, 1.165) is 16.7 Å². The summed E-state index contributed by atoms with van der Waals surface area (Å²) >= 11 is 0. The highest BCUT2D eigenvalue weighted by atomic mass is 16.2. The molecule has 0 fully saturated rings. The first-order valence-corrected chi connectivity index (χ1v) is 7.87. The molecule has 5 nitrogen and oxygen atoms in total. The number of benzene rings is 2. The molecule has 5 heteroatoms. The monoisotopic (exact) mass is 320 g/mol. The summed E-state index contributed by atoms with van der Waals surface area (Å²) in [6.07, 6.45) is 0. The summed E-state index contributed by atoms with van der Waals surface area (Å²) in [5.74, 6) is 0.329. The van der Waals surface area contributed by atoms with E-state index in [1.165, 1.54) is 10.2 Å². The van der Waals surface area contributed by atoms with Crippen LogP contribution in [0.5, 0.6) is 0 Å². The maximum absolute atomic E-state index is 12.5. The molecule has 0 bridgehead atoms. The van der Waals surface area contributed by atoms with Gasteiger partial charge in [0.1, 0.15) is 0 Å². The first-order valence-electron chi connectivity index (χ1n) is 7.87. The van der Waals surface area contributed by atoms with Gasteiger partial charge in [-0.3, -0.25) is 4.79 Å². The lowest BCUT2D eigenvalue weighted by Crippen LogP contribution is -2.28. The average molecular weight is 320 g/mol. The number of hydrogen-bond donors (Lipinski definition) is 0. The zero-order chi connectivity index (χ0) is 17.3. The van der Waals surface area contributed by atoms with Crippen LogP contribution >= 0.6 is 0 Å². The Morgan fingerprint density at radius 1 is 0.875 bits per heavy atom. The maximum atomic E-state index is 12.5. The molecule has 0 N–H and O–H groups in total. The van der Waals surface area contributed by atoms with Crippen LogP contribution in [0, 0.1) is 12.3 Å². The second-order valence-electron chi connectivity index (χ2n) is 6.91. The van der Waals surface area contributed by atoms with Gasteiger partial charge in [-0.2, -0.15) is 4.68 Å². The van der Waals surface area contributed by atoms with Crippen LogP contribution in [0.4, 0.5) is 0 Å². The third kappa shape index (κ3) is 3.11. The number of carbonyl (C=O) groups is 1. The van der Waals surface area contributed by atoms with Crippen molar-refractivity contribution in [2.45, 2.75) is 27.7 Å². The molecular weight excluding hydrogens is 300 g/mol. The highest BCUT2D eigenvalue weighted by Crippen LogP contribution is 2.25. The molecule has 3 rings (SSSR count). The molecule has 24 heavy (non-hydrogen) atoms. The lowest BCUT2D eigenvalue weighted by Gasteiger charge is -2.16. The summed E-state index contributed by atoms with van der Waals surface area (Å²) in [5, 5.41) is 11.5. The maximum Gasteiger partial charge on any atom is 0.255 e. The van der Waals surface area contributed by atoms with Gasteiger partial charge < -0.3 is 0 Å². The SMILES string of the molecule is Cc1ccc(-c2ccc(-c3nnnn3C(=O)C(C)(C)C)cc2)cc1. The van der Waals surface area contributed by atoms with Gasteiger partial charge in [-0.15, -0.1) is 5.10 Å². The van der Waals surface area contributed by atoms with Crippen LogP contribution in [0.2, 0.25) is 0 Å². The Hall–Kier alpha value is -2.82. The van der Waals surface area contributed by atoms with Crippen molar-refractivity contribution in [3.05, 3.63) is 54.1 Å². The number of aromatic nitrogens is 4. The number of hydrogen-bond acceptors (Lipinski definition) is 4. The Kier molecular flexibility index (Phi) is 4.01. The summed E-state index contributed by atoms with van der Waals surface area (Å²) < 4.78 is 1.28. The molecule has 1 aromatic heterocycles. The first kappa shape index (κ1) is 16.1. The molecule has 0 atom stereocenters. The number of rotatable bonds is 2. The van der Waals surface area contributed by atoms with Gasteiger partial charge in [-0.1, -0.05) is 74.9 Å². The minimum absolute atomic E-state index is 0.134. The fourth-order valence-corrected chi connectivity index (χ4v) is 2.38. The topological polar surface area (TPSA) is 60.7 Å². The lowest BCUT2D eigenvalue weighted by atomic mass is 9.95. The third-order valence-electron chi connectivity index (χ3n) is 3.83. The summed E-state index contributed by atoms with van der Waals surface area (Å²) in [4.78, 5) is 12.5. The molecule has 0 radical (unpaired) electrons. The lowest BCUT2D eigenvalue weighted by molar-refractivity contribution is 0.0748. The molecule has 0 amide bonds. The predicted octanol–water partition coefficient (Wildman–Crippen LogP) is 4.00. The number of aryl methyl sites for hydroxylation is 1. The van der Waals surface area contributed by atoms with E-state index < -0.39 is 5.41 Å². The van der Waals surface area contributed by atoms with Gasteiger partial charge in [0.15, 0.2) is 5.82 Å². The van der Waals surface area contributed by atoms with Crippen LogP contribution in [0.25, 0.3) is 22.5 Å². The second kappa shape index (κ2) is 6.00. The van der Waals surface area contributed by atoms with Crippen LogP contribution in [-0.2, 0) is 0 Å². The standard InChI is InChI=1S/C19H20N4O/c1-13-5-7-14(8-6-13)15-9-11-16(12-10-15)17-20-21-22-23(17)18(24)19(2,3)4/h5-12H,1-4H3. The Balaban J connectivity index is 1.94. The van der Waals surface area contributed by atoms with Crippen molar-refractivity contribution in [2.24, 2.45) is 5.41 Å². The van der Waals surface area contributed by atoms with Crippen LogP contribution in [-0.4, -0.2) is 26.1 Å².